The Bertz CT molecular complexity index is 397. The summed E-state index contributed by atoms with van der Waals surface area (Å²) in [6.07, 6.45) is 4.36. The van der Waals surface area contributed by atoms with Crippen LogP contribution in [0.2, 0.25) is 0 Å². The van der Waals surface area contributed by atoms with Crippen LogP contribution in [0.3, 0.4) is 0 Å². The summed E-state index contributed by atoms with van der Waals surface area (Å²) in [6.45, 7) is 2.00. The zero-order valence-corrected chi connectivity index (χ0v) is 10.1. The molecule has 1 atom stereocenters. The van der Waals surface area contributed by atoms with Crippen molar-refractivity contribution in [3.05, 3.63) is 29.8 Å². The second-order valence-corrected chi connectivity index (χ2v) is 4.82. The summed E-state index contributed by atoms with van der Waals surface area (Å²) in [6, 6.07) is 7.39. The van der Waals surface area contributed by atoms with Crippen LogP contribution >= 0.6 is 0 Å². The number of carboxylic acid groups (broad SMARTS) is 1. The van der Waals surface area contributed by atoms with E-state index in [4.69, 9.17) is 0 Å². The van der Waals surface area contributed by atoms with Gasteiger partial charge in [-0.25, -0.2) is 4.79 Å². The van der Waals surface area contributed by atoms with E-state index in [1.165, 1.54) is 0 Å². The van der Waals surface area contributed by atoms with Gasteiger partial charge in [-0.05, 0) is 37.3 Å². The van der Waals surface area contributed by atoms with Gasteiger partial charge < -0.3 is 10.4 Å². The molecule has 2 rings (SSSR count). The molecule has 1 aliphatic carbocycles. The maximum atomic E-state index is 11.3. The van der Waals surface area contributed by atoms with Crippen molar-refractivity contribution in [1.29, 1.82) is 0 Å². The molecule has 2 N–H and O–H groups in total. The number of carbonyl (C=O) groups is 1. The Morgan fingerprint density at radius 3 is 2.59 bits per heavy atom. The van der Waals surface area contributed by atoms with Gasteiger partial charge in [0.05, 0.1) is 0 Å². The van der Waals surface area contributed by atoms with Gasteiger partial charge in [-0.3, -0.25) is 0 Å². The Hall–Kier alpha value is -1.51. The minimum absolute atomic E-state index is 0.270. The minimum Gasteiger partial charge on any atom is -0.480 e. The fraction of sp³-hybridized carbons (Fsp3) is 0.500. The molecule has 3 nitrogen and oxygen atoms in total. The highest BCUT2D eigenvalue weighted by Gasteiger charge is 2.30. The van der Waals surface area contributed by atoms with Crippen molar-refractivity contribution in [3.8, 4) is 0 Å². The van der Waals surface area contributed by atoms with E-state index in [0.29, 0.717) is 0 Å². The van der Waals surface area contributed by atoms with E-state index in [9.17, 15) is 9.90 Å². The zero-order valence-electron chi connectivity index (χ0n) is 10.1. The average Bonchev–Trinajstić information content (AvgIpc) is 2.81. The number of aryl methyl sites for hydroxylation is 1. The van der Waals surface area contributed by atoms with Gasteiger partial charge in [-0.1, -0.05) is 31.0 Å². The van der Waals surface area contributed by atoms with Crippen LogP contribution < -0.4 is 5.32 Å². The summed E-state index contributed by atoms with van der Waals surface area (Å²) in [4.78, 5) is 11.3. The lowest BCUT2D eigenvalue weighted by Gasteiger charge is -2.22. The fourth-order valence-electron chi connectivity index (χ4n) is 2.57. The normalized spacial score (nSPS) is 17.9. The van der Waals surface area contributed by atoms with Crippen molar-refractivity contribution in [2.24, 2.45) is 5.92 Å². The quantitative estimate of drug-likeness (QED) is 0.840. The molecule has 0 aromatic heterocycles. The van der Waals surface area contributed by atoms with Gasteiger partial charge in [-0.2, -0.15) is 0 Å². The SMILES string of the molecule is Cc1ccccc1NC(C(=O)O)C1CCCC1. The molecule has 0 bridgehead atoms. The first-order valence-electron chi connectivity index (χ1n) is 6.23. The van der Waals surface area contributed by atoms with E-state index in [0.717, 1.165) is 36.9 Å². The second kappa shape index (κ2) is 5.21. The molecule has 1 aliphatic rings. The summed E-state index contributed by atoms with van der Waals surface area (Å²) in [5, 5.41) is 12.5. The summed E-state index contributed by atoms with van der Waals surface area (Å²) in [7, 11) is 0. The third-order valence-electron chi connectivity index (χ3n) is 3.59. The van der Waals surface area contributed by atoms with Crippen LogP contribution in [0.25, 0.3) is 0 Å². The lowest BCUT2D eigenvalue weighted by Crippen LogP contribution is -2.35. The third kappa shape index (κ3) is 2.78. The van der Waals surface area contributed by atoms with E-state index in [1.807, 2.05) is 31.2 Å². The molecule has 0 radical (unpaired) electrons. The monoisotopic (exact) mass is 233 g/mol. The Kier molecular flexibility index (Phi) is 3.67. The van der Waals surface area contributed by atoms with Gasteiger partial charge in [0.15, 0.2) is 0 Å². The highest BCUT2D eigenvalue weighted by Crippen LogP contribution is 2.30. The largest absolute Gasteiger partial charge is 0.480 e. The number of para-hydroxylation sites is 1. The Labute approximate surface area is 102 Å². The standard InChI is InChI=1S/C14H19NO2/c1-10-6-2-5-9-12(10)15-13(14(16)17)11-7-3-4-8-11/h2,5-6,9,11,13,15H,3-4,7-8H2,1H3,(H,16,17). The van der Waals surface area contributed by atoms with Crippen molar-refractivity contribution < 1.29 is 9.90 Å². The summed E-state index contributed by atoms with van der Waals surface area (Å²) in [5.41, 5.74) is 2.03. The number of rotatable bonds is 4. The van der Waals surface area contributed by atoms with Crippen molar-refractivity contribution in [1.82, 2.24) is 0 Å². The lowest BCUT2D eigenvalue weighted by molar-refractivity contribution is -0.139. The first-order valence-corrected chi connectivity index (χ1v) is 6.23. The Morgan fingerprint density at radius 1 is 1.35 bits per heavy atom. The van der Waals surface area contributed by atoms with E-state index in [-0.39, 0.29) is 5.92 Å². The smallest absolute Gasteiger partial charge is 0.326 e. The first kappa shape index (κ1) is 12.0. The molecule has 1 aromatic rings. The first-order chi connectivity index (χ1) is 8.18. The average molecular weight is 233 g/mol. The molecule has 92 valence electrons. The predicted octanol–water partition coefficient (Wildman–Crippen LogP) is 3.05. The van der Waals surface area contributed by atoms with Crippen LogP contribution in [0, 0.1) is 12.8 Å². The topological polar surface area (TPSA) is 49.3 Å². The molecular weight excluding hydrogens is 214 g/mol. The third-order valence-corrected chi connectivity index (χ3v) is 3.59. The number of nitrogens with one attached hydrogen (secondary N) is 1. The summed E-state index contributed by atoms with van der Waals surface area (Å²) < 4.78 is 0. The van der Waals surface area contributed by atoms with Gasteiger partial charge >= 0.3 is 5.97 Å². The van der Waals surface area contributed by atoms with E-state index in [2.05, 4.69) is 5.32 Å². The molecule has 0 amide bonds. The number of benzene rings is 1. The predicted molar refractivity (Wildman–Crippen MR) is 68.2 cm³/mol. The number of hydrogen-bond donors (Lipinski definition) is 2. The molecule has 17 heavy (non-hydrogen) atoms. The highest BCUT2D eigenvalue weighted by molar-refractivity contribution is 5.78. The minimum atomic E-state index is -0.736. The van der Waals surface area contributed by atoms with Crippen molar-refractivity contribution in [3.63, 3.8) is 0 Å². The van der Waals surface area contributed by atoms with Crippen LogP contribution in [0.1, 0.15) is 31.2 Å². The number of hydrogen-bond acceptors (Lipinski definition) is 2. The number of aliphatic carboxylic acids is 1. The van der Waals surface area contributed by atoms with Gasteiger partial charge in [0.2, 0.25) is 0 Å². The zero-order chi connectivity index (χ0) is 12.3. The second-order valence-electron chi connectivity index (χ2n) is 4.82. The molecular formula is C14H19NO2. The van der Waals surface area contributed by atoms with E-state index >= 15 is 0 Å². The van der Waals surface area contributed by atoms with E-state index in [1.54, 1.807) is 0 Å². The molecule has 0 heterocycles. The summed E-state index contributed by atoms with van der Waals surface area (Å²) in [5.74, 6) is -0.466. The molecule has 3 heteroatoms. The summed E-state index contributed by atoms with van der Waals surface area (Å²) >= 11 is 0. The van der Waals surface area contributed by atoms with Gasteiger partial charge in [-0.15, -0.1) is 0 Å². The van der Waals surface area contributed by atoms with E-state index < -0.39 is 12.0 Å². The molecule has 0 saturated heterocycles. The number of anilines is 1. The molecule has 1 saturated carbocycles. The number of carboxylic acids is 1. The maximum absolute atomic E-state index is 11.3. The van der Waals surface area contributed by atoms with Gasteiger partial charge in [0.1, 0.15) is 6.04 Å². The van der Waals surface area contributed by atoms with Gasteiger partial charge in [0, 0.05) is 5.69 Å². The maximum Gasteiger partial charge on any atom is 0.326 e. The van der Waals surface area contributed by atoms with Crippen LogP contribution in [-0.2, 0) is 4.79 Å². The molecule has 1 aromatic carbocycles. The molecule has 0 aliphatic heterocycles. The molecule has 0 spiro atoms. The van der Waals surface area contributed by atoms with Crippen LogP contribution in [0.5, 0.6) is 0 Å². The van der Waals surface area contributed by atoms with Crippen LogP contribution in [-0.4, -0.2) is 17.1 Å². The van der Waals surface area contributed by atoms with Crippen molar-refractivity contribution in [2.45, 2.75) is 38.6 Å². The Balaban J connectivity index is 2.12. The molecule has 1 unspecified atom stereocenters. The van der Waals surface area contributed by atoms with Crippen LogP contribution in [0.4, 0.5) is 5.69 Å². The van der Waals surface area contributed by atoms with Crippen LogP contribution in [0.15, 0.2) is 24.3 Å². The lowest BCUT2D eigenvalue weighted by atomic mass is 9.97. The van der Waals surface area contributed by atoms with Crippen molar-refractivity contribution in [2.75, 3.05) is 5.32 Å². The Morgan fingerprint density at radius 2 is 2.00 bits per heavy atom. The van der Waals surface area contributed by atoms with Crippen molar-refractivity contribution >= 4 is 11.7 Å². The highest BCUT2D eigenvalue weighted by atomic mass is 16.4. The van der Waals surface area contributed by atoms with Gasteiger partial charge in [0.25, 0.3) is 0 Å². The molecule has 1 fully saturated rings. The fourth-order valence-corrected chi connectivity index (χ4v) is 2.57.